The second-order valence-corrected chi connectivity index (χ2v) is 2.19. The lowest BCUT2D eigenvalue weighted by Crippen LogP contribution is -2.05. The topological polar surface area (TPSA) is 87.8 Å². The first-order valence-electron chi connectivity index (χ1n) is 3.03. The van der Waals surface area contributed by atoms with Gasteiger partial charge in [0.1, 0.15) is 5.82 Å². The molecule has 1 atom stereocenters. The van der Waals surface area contributed by atoms with Crippen molar-refractivity contribution in [3.63, 3.8) is 0 Å². The lowest BCUT2D eigenvalue weighted by Gasteiger charge is -1.96. The number of rotatable bonds is 2. The molecule has 0 aliphatic carbocycles. The van der Waals surface area contributed by atoms with E-state index in [-0.39, 0.29) is 5.95 Å². The lowest BCUT2D eigenvalue weighted by atomic mass is 10.3. The van der Waals surface area contributed by atoms with Crippen LogP contribution in [0.1, 0.15) is 12.7 Å². The summed E-state index contributed by atoms with van der Waals surface area (Å²) in [5.41, 5.74) is 5.22. The van der Waals surface area contributed by atoms with Crippen LogP contribution in [-0.4, -0.2) is 26.4 Å². The Labute approximate surface area is 58.3 Å². The van der Waals surface area contributed by atoms with Gasteiger partial charge in [0.15, 0.2) is 0 Å². The molecule has 0 spiro atoms. The number of anilines is 1. The molecule has 0 aromatic carbocycles. The number of aromatic amines is 1. The highest BCUT2D eigenvalue weighted by molar-refractivity contribution is 5.12. The van der Waals surface area contributed by atoms with Crippen LogP contribution < -0.4 is 5.73 Å². The molecule has 0 bridgehead atoms. The number of hydrogen-bond donors (Lipinski definition) is 3. The van der Waals surface area contributed by atoms with Crippen molar-refractivity contribution in [3.05, 3.63) is 5.82 Å². The average molecular weight is 142 g/mol. The number of nitrogens with two attached hydrogens (primary N) is 1. The molecule has 5 nitrogen and oxygen atoms in total. The van der Waals surface area contributed by atoms with Gasteiger partial charge in [0.2, 0.25) is 5.95 Å². The normalized spacial score (nSPS) is 13.4. The van der Waals surface area contributed by atoms with Crippen LogP contribution in [-0.2, 0) is 6.42 Å². The van der Waals surface area contributed by atoms with Gasteiger partial charge in [-0.1, -0.05) is 0 Å². The van der Waals surface area contributed by atoms with Crippen LogP contribution in [0.2, 0.25) is 0 Å². The molecule has 0 amide bonds. The molecule has 1 rings (SSSR count). The van der Waals surface area contributed by atoms with Crippen LogP contribution in [0.4, 0.5) is 5.95 Å². The van der Waals surface area contributed by atoms with Crippen molar-refractivity contribution in [2.75, 3.05) is 5.73 Å². The fraction of sp³-hybridized carbons (Fsp3) is 0.600. The second-order valence-electron chi connectivity index (χ2n) is 2.19. The number of H-pyrrole nitrogens is 1. The number of hydrogen-bond acceptors (Lipinski definition) is 4. The molecule has 0 aliphatic heterocycles. The van der Waals surface area contributed by atoms with Crippen LogP contribution in [0.15, 0.2) is 0 Å². The quantitative estimate of drug-likeness (QED) is 0.510. The van der Waals surface area contributed by atoms with Gasteiger partial charge in [-0.15, -0.1) is 5.10 Å². The summed E-state index contributed by atoms with van der Waals surface area (Å²) in [7, 11) is 0. The molecule has 1 aromatic heterocycles. The van der Waals surface area contributed by atoms with Crippen LogP contribution >= 0.6 is 0 Å². The summed E-state index contributed by atoms with van der Waals surface area (Å²) in [4.78, 5) is 3.80. The maximum absolute atomic E-state index is 8.89. The number of nitrogens with one attached hydrogen (secondary N) is 1. The Kier molecular flexibility index (Phi) is 1.86. The van der Waals surface area contributed by atoms with Crippen molar-refractivity contribution >= 4 is 5.95 Å². The first kappa shape index (κ1) is 7.01. The van der Waals surface area contributed by atoms with Crippen molar-refractivity contribution in [3.8, 4) is 0 Å². The van der Waals surface area contributed by atoms with E-state index in [0.29, 0.717) is 12.2 Å². The van der Waals surface area contributed by atoms with Gasteiger partial charge in [0.25, 0.3) is 0 Å². The number of nitrogens with zero attached hydrogens (tertiary/aromatic N) is 2. The standard InChI is InChI=1S/C5H10N4O/c1-3(10)2-4-7-5(6)9-8-4/h3,10H,2H2,1H3,(H3,6,7,8,9). The van der Waals surface area contributed by atoms with E-state index in [2.05, 4.69) is 15.2 Å². The predicted octanol–water partition coefficient (Wildman–Crippen LogP) is -0.690. The molecule has 1 unspecified atom stereocenters. The Morgan fingerprint density at radius 3 is 2.90 bits per heavy atom. The van der Waals surface area contributed by atoms with Crippen LogP contribution in [0.3, 0.4) is 0 Å². The van der Waals surface area contributed by atoms with Crippen LogP contribution in [0.5, 0.6) is 0 Å². The largest absolute Gasteiger partial charge is 0.393 e. The Morgan fingerprint density at radius 2 is 2.50 bits per heavy atom. The van der Waals surface area contributed by atoms with Gasteiger partial charge >= 0.3 is 0 Å². The lowest BCUT2D eigenvalue weighted by molar-refractivity contribution is 0.193. The van der Waals surface area contributed by atoms with Gasteiger partial charge in [0.05, 0.1) is 6.10 Å². The van der Waals surface area contributed by atoms with Crippen molar-refractivity contribution in [2.24, 2.45) is 0 Å². The summed E-state index contributed by atoms with van der Waals surface area (Å²) in [6, 6.07) is 0. The Hall–Kier alpha value is -1.10. The zero-order chi connectivity index (χ0) is 7.56. The number of aliphatic hydroxyl groups is 1. The minimum absolute atomic E-state index is 0.218. The maximum Gasteiger partial charge on any atom is 0.239 e. The SMILES string of the molecule is CC(O)Cc1nc(N)n[nH]1. The fourth-order valence-electron chi connectivity index (χ4n) is 0.681. The van der Waals surface area contributed by atoms with E-state index in [9.17, 15) is 0 Å². The molecule has 0 radical (unpaired) electrons. The van der Waals surface area contributed by atoms with E-state index >= 15 is 0 Å². The Bertz CT molecular complexity index is 207. The van der Waals surface area contributed by atoms with Crippen molar-refractivity contribution in [1.29, 1.82) is 0 Å². The molecule has 4 N–H and O–H groups in total. The molecule has 10 heavy (non-hydrogen) atoms. The zero-order valence-corrected chi connectivity index (χ0v) is 5.70. The molecule has 1 heterocycles. The summed E-state index contributed by atoms with van der Waals surface area (Å²) in [5, 5.41) is 15.1. The fourth-order valence-corrected chi connectivity index (χ4v) is 0.681. The molecular formula is C5H10N4O. The highest BCUT2D eigenvalue weighted by Gasteiger charge is 2.02. The van der Waals surface area contributed by atoms with Crippen LogP contribution in [0, 0.1) is 0 Å². The van der Waals surface area contributed by atoms with Gasteiger partial charge in [-0.2, -0.15) is 4.98 Å². The van der Waals surface area contributed by atoms with Crippen LogP contribution in [0.25, 0.3) is 0 Å². The van der Waals surface area contributed by atoms with E-state index < -0.39 is 6.10 Å². The third kappa shape index (κ3) is 1.70. The predicted molar refractivity (Wildman–Crippen MR) is 36.2 cm³/mol. The maximum atomic E-state index is 8.89. The average Bonchev–Trinajstić information content (AvgIpc) is 2.13. The summed E-state index contributed by atoms with van der Waals surface area (Å²) < 4.78 is 0. The summed E-state index contributed by atoms with van der Waals surface area (Å²) >= 11 is 0. The Balaban J connectivity index is 2.58. The molecule has 0 aliphatic rings. The summed E-state index contributed by atoms with van der Waals surface area (Å²) in [6.07, 6.45) is 0.0526. The Morgan fingerprint density at radius 1 is 1.80 bits per heavy atom. The molecular weight excluding hydrogens is 132 g/mol. The third-order valence-electron chi connectivity index (χ3n) is 1.04. The smallest absolute Gasteiger partial charge is 0.239 e. The third-order valence-corrected chi connectivity index (χ3v) is 1.04. The van der Waals surface area contributed by atoms with E-state index in [1.54, 1.807) is 6.92 Å². The monoisotopic (exact) mass is 142 g/mol. The molecule has 0 saturated heterocycles. The highest BCUT2D eigenvalue weighted by Crippen LogP contribution is 1.96. The minimum atomic E-state index is -0.410. The molecule has 5 heteroatoms. The van der Waals surface area contributed by atoms with Gasteiger partial charge in [0, 0.05) is 6.42 Å². The van der Waals surface area contributed by atoms with Gasteiger partial charge in [-0.3, -0.25) is 5.10 Å². The zero-order valence-electron chi connectivity index (χ0n) is 5.70. The molecule has 0 saturated carbocycles. The first-order chi connectivity index (χ1) is 4.68. The second kappa shape index (κ2) is 2.66. The van der Waals surface area contributed by atoms with E-state index in [1.807, 2.05) is 0 Å². The molecule has 0 fully saturated rings. The number of aromatic nitrogens is 3. The number of nitrogen functional groups attached to an aromatic ring is 1. The summed E-state index contributed by atoms with van der Waals surface area (Å²) in [6.45, 7) is 1.68. The number of aliphatic hydroxyl groups excluding tert-OH is 1. The van der Waals surface area contributed by atoms with E-state index in [4.69, 9.17) is 10.8 Å². The van der Waals surface area contributed by atoms with E-state index in [0.717, 1.165) is 0 Å². The van der Waals surface area contributed by atoms with Crippen molar-refractivity contribution in [1.82, 2.24) is 15.2 Å². The highest BCUT2D eigenvalue weighted by atomic mass is 16.3. The van der Waals surface area contributed by atoms with Crippen molar-refractivity contribution < 1.29 is 5.11 Å². The molecule has 1 aromatic rings. The summed E-state index contributed by atoms with van der Waals surface area (Å²) in [5.74, 6) is 0.836. The van der Waals surface area contributed by atoms with Gasteiger partial charge < -0.3 is 10.8 Å². The van der Waals surface area contributed by atoms with E-state index in [1.165, 1.54) is 0 Å². The molecule has 56 valence electrons. The van der Waals surface area contributed by atoms with Gasteiger partial charge in [-0.05, 0) is 6.92 Å². The van der Waals surface area contributed by atoms with Crippen molar-refractivity contribution in [2.45, 2.75) is 19.4 Å². The first-order valence-corrected chi connectivity index (χ1v) is 3.03. The minimum Gasteiger partial charge on any atom is -0.393 e. The van der Waals surface area contributed by atoms with Gasteiger partial charge in [-0.25, -0.2) is 0 Å².